The fourth-order valence-electron chi connectivity index (χ4n) is 3.58. The molecule has 0 aliphatic heterocycles. The molecule has 1 aliphatic rings. The third-order valence-corrected chi connectivity index (χ3v) is 4.42. The Bertz CT molecular complexity index is 224. The Kier molecular flexibility index (Phi) is 4.68. The second-order valence-corrected chi connectivity index (χ2v) is 8.24. The quantitative estimate of drug-likeness (QED) is 0.763. The molecule has 102 valence electrons. The first-order valence-corrected chi connectivity index (χ1v) is 7.35. The molecule has 0 amide bonds. The van der Waals surface area contributed by atoms with Crippen LogP contribution in [0.5, 0.6) is 0 Å². The van der Waals surface area contributed by atoms with Crippen LogP contribution in [0.4, 0.5) is 0 Å². The summed E-state index contributed by atoms with van der Waals surface area (Å²) in [6.07, 6.45) is 4.03. The standard InChI is InChI=1S/C16H33N/c1-12(2)13(3)10-17-14-8-15(4,5)11-16(6,7)9-14/h12-14,17H,8-11H2,1-7H3. The Morgan fingerprint density at radius 2 is 1.47 bits per heavy atom. The van der Waals surface area contributed by atoms with Crippen LogP contribution < -0.4 is 5.32 Å². The third kappa shape index (κ3) is 4.99. The molecule has 1 aliphatic carbocycles. The molecule has 0 radical (unpaired) electrons. The van der Waals surface area contributed by atoms with E-state index in [1.165, 1.54) is 25.8 Å². The molecule has 0 aromatic rings. The van der Waals surface area contributed by atoms with Crippen molar-refractivity contribution in [3.05, 3.63) is 0 Å². The van der Waals surface area contributed by atoms with Crippen molar-refractivity contribution in [2.45, 2.75) is 73.8 Å². The number of rotatable bonds is 4. The van der Waals surface area contributed by atoms with Crippen molar-refractivity contribution in [3.63, 3.8) is 0 Å². The molecule has 0 aromatic carbocycles. The zero-order chi connectivity index (χ0) is 13.3. The Balaban J connectivity index is 2.49. The first-order chi connectivity index (χ1) is 7.61. The summed E-state index contributed by atoms with van der Waals surface area (Å²) in [5.41, 5.74) is 1.00. The van der Waals surface area contributed by atoms with Crippen molar-refractivity contribution in [1.82, 2.24) is 5.32 Å². The fraction of sp³-hybridized carbons (Fsp3) is 1.00. The highest BCUT2D eigenvalue weighted by Gasteiger charge is 2.38. The average Bonchev–Trinajstić information content (AvgIpc) is 2.08. The molecular weight excluding hydrogens is 206 g/mol. The van der Waals surface area contributed by atoms with Gasteiger partial charge in [-0.3, -0.25) is 0 Å². The number of nitrogens with one attached hydrogen (secondary N) is 1. The van der Waals surface area contributed by atoms with E-state index in [2.05, 4.69) is 53.8 Å². The van der Waals surface area contributed by atoms with Crippen LogP contribution in [-0.2, 0) is 0 Å². The Morgan fingerprint density at radius 1 is 1.00 bits per heavy atom. The predicted octanol–water partition coefficient (Wildman–Crippen LogP) is 4.47. The van der Waals surface area contributed by atoms with Crippen LogP contribution >= 0.6 is 0 Å². The van der Waals surface area contributed by atoms with Crippen LogP contribution in [0.25, 0.3) is 0 Å². The normalized spacial score (nSPS) is 26.1. The summed E-state index contributed by atoms with van der Waals surface area (Å²) in [5, 5.41) is 3.81. The summed E-state index contributed by atoms with van der Waals surface area (Å²) in [6.45, 7) is 17.9. The molecule has 0 aromatic heterocycles. The van der Waals surface area contributed by atoms with Gasteiger partial charge in [0, 0.05) is 6.04 Å². The van der Waals surface area contributed by atoms with Gasteiger partial charge in [-0.05, 0) is 48.5 Å². The largest absolute Gasteiger partial charge is 0.314 e. The molecule has 0 bridgehead atoms. The molecule has 1 nitrogen and oxygen atoms in total. The van der Waals surface area contributed by atoms with Gasteiger partial charge in [-0.25, -0.2) is 0 Å². The lowest BCUT2D eigenvalue weighted by Gasteiger charge is -2.45. The highest BCUT2D eigenvalue weighted by molar-refractivity contribution is 4.92. The fourth-order valence-corrected chi connectivity index (χ4v) is 3.58. The summed E-state index contributed by atoms with van der Waals surface area (Å²) in [6, 6.07) is 0.718. The minimum absolute atomic E-state index is 0.500. The maximum absolute atomic E-state index is 3.81. The van der Waals surface area contributed by atoms with Crippen LogP contribution in [0.1, 0.15) is 67.7 Å². The monoisotopic (exact) mass is 239 g/mol. The Hall–Kier alpha value is -0.0400. The van der Waals surface area contributed by atoms with Crippen LogP contribution in [0.3, 0.4) is 0 Å². The van der Waals surface area contributed by atoms with E-state index >= 15 is 0 Å². The highest BCUT2D eigenvalue weighted by Crippen LogP contribution is 2.45. The van der Waals surface area contributed by atoms with E-state index in [1.54, 1.807) is 0 Å². The minimum atomic E-state index is 0.500. The van der Waals surface area contributed by atoms with Gasteiger partial charge in [0.1, 0.15) is 0 Å². The lowest BCUT2D eigenvalue weighted by Crippen LogP contribution is -2.45. The molecule has 1 N–H and O–H groups in total. The molecule has 17 heavy (non-hydrogen) atoms. The zero-order valence-electron chi connectivity index (χ0n) is 13.1. The van der Waals surface area contributed by atoms with Crippen molar-refractivity contribution < 1.29 is 0 Å². The van der Waals surface area contributed by atoms with Crippen LogP contribution in [0.2, 0.25) is 0 Å². The van der Waals surface area contributed by atoms with Gasteiger partial charge in [0.15, 0.2) is 0 Å². The highest BCUT2D eigenvalue weighted by atomic mass is 14.9. The van der Waals surface area contributed by atoms with E-state index < -0.39 is 0 Å². The van der Waals surface area contributed by atoms with E-state index in [1.807, 2.05) is 0 Å². The molecule has 0 saturated heterocycles. The topological polar surface area (TPSA) is 12.0 Å². The number of hydrogen-bond acceptors (Lipinski definition) is 1. The van der Waals surface area contributed by atoms with E-state index in [0.717, 1.165) is 17.9 Å². The molecule has 1 heteroatoms. The average molecular weight is 239 g/mol. The minimum Gasteiger partial charge on any atom is -0.314 e. The van der Waals surface area contributed by atoms with Crippen molar-refractivity contribution in [3.8, 4) is 0 Å². The lowest BCUT2D eigenvalue weighted by atomic mass is 9.63. The number of hydrogen-bond donors (Lipinski definition) is 1. The van der Waals surface area contributed by atoms with Gasteiger partial charge in [-0.15, -0.1) is 0 Å². The molecular formula is C16H33N. The molecule has 0 heterocycles. The van der Waals surface area contributed by atoms with Crippen molar-refractivity contribution >= 4 is 0 Å². The summed E-state index contributed by atoms with van der Waals surface area (Å²) in [4.78, 5) is 0. The maximum atomic E-state index is 3.81. The maximum Gasteiger partial charge on any atom is 0.00773 e. The summed E-state index contributed by atoms with van der Waals surface area (Å²) < 4.78 is 0. The summed E-state index contributed by atoms with van der Waals surface area (Å²) >= 11 is 0. The van der Waals surface area contributed by atoms with Gasteiger partial charge in [0.2, 0.25) is 0 Å². The van der Waals surface area contributed by atoms with Gasteiger partial charge >= 0.3 is 0 Å². The molecule has 0 spiro atoms. The van der Waals surface area contributed by atoms with Crippen LogP contribution in [0.15, 0.2) is 0 Å². The van der Waals surface area contributed by atoms with Gasteiger partial charge in [0.25, 0.3) is 0 Å². The van der Waals surface area contributed by atoms with Crippen molar-refractivity contribution in [1.29, 1.82) is 0 Å². The zero-order valence-corrected chi connectivity index (χ0v) is 13.1. The molecule has 1 atom stereocenters. The van der Waals surface area contributed by atoms with Gasteiger partial charge < -0.3 is 5.32 Å². The third-order valence-electron chi connectivity index (χ3n) is 4.42. The van der Waals surface area contributed by atoms with Crippen molar-refractivity contribution in [2.24, 2.45) is 22.7 Å². The summed E-state index contributed by atoms with van der Waals surface area (Å²) in [5.74, 6) is 1.57. The lowest BCUT2D eigenvalue weighted by molar-refractivity contribution is 0.0828. The SMILES string of the molecule is CC(C)C(C)CNC1CC(C)(C)CC(C)(C)C1. The molecule has 1 fully saturated rings. The van der Waals surface area contributed by atoms with E-state index in [9.17, 15) is 0 Å². The van der Waals surface area contributed by atoms with Crippen molar-refractivity contribution in [2.75, 3.05) is 6.54 Å². The second-order valence-electron chi connectivity index (χ2n) is 8.24. The Labute approximate surface area is 109 Å². The van der Waals surface area contributed by atoms with Crippen LogP contribution in [-0.4, -0.2) is 12.6 Å². The van der Waals surface area contributed by atoms with Gasteiger partial charge in [-0.1, -0.05) is 48.5 Å². The first-order valence-electron chi connectivity index (χ1n) is 7.35. The van der Waals surface area contributed by atoms with Gasteiger partial charge in [0.05, 0.1) is 0 Å². The van der Waals surface area contributed by atoms with E-state index in [-0.39, 0.29) is 0 Å². The molecule has 1 unspecified atom stereocenters. The van der Waals surface area contributed by atoms with E-state index in [0.29, 0.717) is 10.8 Å². The summed E-state index contributed by atoms with van der Waals surface area (Å²) in [7, 11) is 0. The van der Waals surface area contributed by atoms with E-state index in [4.69, 9.17) is 0 Å². The molecule has 1 rings (SSSR count). The van der Waals surface area contributed by atoms with Crippen LogP contribution in [0, 0.1) is 22.7 Å². The predicted molar refractivity (Wildman–Crippen MR) is 77.2 cm³/mol. The smallest absolute Gasteiger partial charge is 0.00773 e. The first kappa shape index (κ1) is 15.0. The second kappa shape index (κ2) is 5.30. The molecule has 1 saturated carbocycles. The van der Waals surface area contributed by atoms with Gasteiger partial charge in [-0.2, -0.15) is 0 Å². The Morgan fingerprint density at radius 3 is 1.88 bits per heavy atom.